The molecule has 0 aliphatic heterocycles. The zero-order chi connectivity index (χ0) is 9.68. The van der Waals surface area contributed by atoms with E-state index in [4.69, 9.17) is 18.1 Å². The van der Waals surface area contributed by atoms with Crippen LogP contribution in [0.25, 0.3) is 0 Å². The van der Waals surface area contributed by atoms with Gasteiger partial charge in [0.15, 0.2) is 5.11 Å². The molecule has 0 aliphatic carbocycles. The first-order chi connectivity index (χ1) is 6.22. The lowest BCUT2D eigenvalue weighted by molar-refractivity contribution is 0.844. The van der Waals surface area contributed by atoms with Crippen LogP contribution in [-0.4, -0.2) is 11.7 Å². The number of nitrogens with one attached hydrogen (secondary N) is 2. The molecule has 3 nitrogen and oxygen atoms in total. The van der Waals surface area contributed by atoms with Gasteiger partial charge in [0.05, 0.1) is 3.79 Å². The summed E-state index contributed by atoms with van der Waals surface area (Å²) in [7, 11) is 0. The highest BCUT2D eigenvalue weighted by molar-refractivity contribution is 9.11. The summed E-state index contributed by atoms with van der Waals surface area (Å²) in [4.78, 5) is 1.32. The van der Waals surface area contributed by atoms with Crippen molar-refractivity contribution in [3.63, 3.8) is 0 Å². The van der Waals surface area contributed by atoms with Crippen molar-refractivity contribution in [3.05, 3.63) is 20.8 Å². The summed E-state index contributed by atoms with van der Waals surface area (Å²) in [5.41, 5.74) is 2.37. The molecule has 1 rings (SSSR count). The van der Waals surface area contributed by atoms with E-state index in [1.807, 2.05) is 6.07 Å². The smallest absolute Gasteiger partial charge is 0.180 e. The molecule has 0 radical (unpaired) electrons. The Hall–Kier alpha value is -0.170. The Kier molecular flexibility index (Phi) is 4.65. The second kappa shape index (κ2) is 5.54. The zero-order valence-corrected chi connectivity index (χ0v) is 10.1. The van der Waals surface area contributed by atoms with Crippen LogP contribution in [0, 0.1) is 0 Å². The molecular weight excluding hydrogens is 270 g/mol. The van der Waals surface area contributed by atoms with Crippen LogP contribution < -0.4 is 16.6 Å². The molecule has 0 aromatic carbocycles. The van der Waals surface area contributed by atoms with Gasteiger partial charge >= 0.3 is 0 Å². The van der Waals surface area contributed by atoms with Crippen molar-refractivity contribution in [1.29, 1.82) is 0 Å². The minimum absolute atomic E-state index is 0.482. The van der Waals surface area contributed by atoms with Gasteiger partial charge in [-0.3, -0.25) is 0 Å². The highest BCUT2D eigenvalue weighted by Gasteiger charge is 1.97. The predicted molar refractivity (Wildman–Crippen MR) is 63.6 cm³/mol. The molecule has 0 bridgehead atoms. The lowest BCUT2D eigenvalue weighted by Crippen LogP contribution is -2.40. The molecule has 4 N–H and O–H groups in total. The maximum Gasteiger partial charge on any atom is 0.180 e. The molecule has 13 heavy (non-hydrogen) atoms. The Bertz CT molecular complexity index is 287. The van der Waals surface area contributed by atoms with Crippen LogP contribution in [0.1, 0.15) is 4.88 Å². The third-order valence-corrected chi connectivity index (χ3v) is 3.36. The summed E-state index contributed by atoms with van der Waals surface area (Å²) >= 11 is 9.96. The summed E-state index contributed by atoms with van der Waals surface area (Å²) in [5.74, 6) is 5.10. The Labute approximate surface area is 94.8 Å². The average molecular weight is 280 g/mol. The minimum atomic E-state index is 0.482. The van der Waals surface area contributed by atoms with E-state index in [2.05, 4.69) is 32.7 Å². The second-order valence-electron chi connectivity index (χ2n) is 2.36. The first-order valence-corrected chi connectivity index (χ1v) is 5.73. The van der Waals surface area contributed by atoms with Gasteiger partial charge in [-0.15, -0.1) is 11.3 Å². The van der Waals surface area contributed by atoms with Crippen LogP contribution >= 0.6 is 39.5 Å². The van der Waals surface area contributed by atoms with E-state index in [-0.39, 0.29) is 0 Å². The first-order valence-electron chi connectivity index (χ1n) is 3.71. The van der Waals surface area contributed by atoms with E-state index in [0.717, 1.165) is 16.8 Å². The number of thiophene rings is 1. The number of hydrogen-bond acceptors (Lipinski definition) is 3. The first kappa shape index (κ1) is 10.9. The van der Waals surface area contributed by atoms with Crippen molar-refractivity contribution in [1.82, 2.24) is 10.7 Å². The minimum Gasteiger partial charge on any atom is -0.361 e. The summed E-state index contributed by atoms with van der Waals surface area (Å²) in [5, 5.41) is 3.46. The molecule has 6 heteroatoms. The van der Waals surface area contributed by atoms with Gasteiger partial charge in [0.2, 0.25) is 0 Å². The van der Waals surface area contributed by atoms with Crippen LogP contribution in [0.15, 0.2) is 15.9 Å². The van der Waals surface area contributed by atoms with Gasteiger partial charge in [-0.2, -0.15) is 0 Å². The van der Waals surface area contributed by atoms with E-state index in [0.29, 0.717) is 5.11 Å². The molecule has 0 atom stereocenters. The molecule has 0 saturated carbocycles. The topological polar surface area (TPSA) is 50.1 Å². The third kappa shape index (κ3) is 4.04. The highest BCUT2D eigenvalue weighted by Crippen LogP contribution is 2.21. The number of nitrogens with two attached hydrogens (primary N) is 1. The lowest BCUT2D eigenvalue weighted by Gasteiger charge is -2.04. The molecule has 0 fully saturated rings. The lowest BCUT2D eigenvalue weighted by atomic mass is 10.3. The molecule has 0 amide bonds. The van der Waals surface area contributed by atoms with Crippen molar-refractivity contribution >= 4 is 44.6 Å². The Balaban J connectivity index is 2.24. The fraction of sp³-hybridized carbons (Fsp3) is 0.286. The molecular formula is C7H10BrN3S2. The van der Waals surface area contributed by atoms with Gasteiger partial charge < -0.3 is 10.7 Å². The Morgan fingerprint density at radius 2 is 2.38 bits per heavy atom. The standard InChI is InChI=1S/C7H10BrN3S2/c8-6-2-1-5(13-6)3-4-10-7(12)11-9/h1-2H,3-4,9H2,(H2,10,11,12). The summed E-state index contributed by atoms with van der Waals surface area (Å²) < 4.78 is 1.15. The van der Waals surface area contributed by atoms with Gasteiger partial charge in [-0.05, 0) is 46.7 Å². The van der Waals surface area contributed by atoms with Crippen LogP contribution in [0.5, 0.6) is 0 Å². The largest absolute Gasteiger partial charge is 0.361 e. The van der Waals surface area contributed by atoms with E-state index in [9.17, 15) is 0 Å². The maximum absolute atomic E-state index is 5.10. The van der Waals surface area contributed by atoms with Crippen LogP contribution in [0.3, 0.4) is 0 Å². The van der Waals surface area contributed by atoms with Crippen molar-refractivity contribution in [2.75, 3.05) is 6.54 Å². The van der Waals surface area contributed by atoms with Gasteiger partial charge in [0.1, 0.15) is 0 Å². The number of hydrazine groups is 1. The number of thiocarbonyl (C=S) groups is 1. The third-order valence-electron chi connectivity index (χ3n) is 1.42. The van der Waals surface area contributed by atoms with Crippen LogP contribution in [-0.2, 0) is 6.42 Å². The molecule has 0 unspecified atom stereocenters. The van der Waals surface area contributed by atoms with Gasteiger partial charge in [0.25, 0.3) is 0 Å². The molecule has 0 aliphatic rings. The van der Waals surface area contributed by atoms with E-state index < -0.39 is 0 Å². The Morgan fingerprint density at radius 3 is 2.92 bits per heavy atom. The SMILES string of the molecule is NNC(=S)NCCc1ccc(Br)s1. The number of halogens is 1. The molecule has 0 spiro atoms. The summed E-state index contributed by atoms with van der Waals surface area (Å²) in [6, 6.07) is 4.13. The second-order valence-corrected chi connectivity index (χ2v) is 5.31. The van der Waals surface area contributed by atoms with Crippen molar-refractivity contribution in [2.24, 2.45) is 5.84 Å². The number of rotatable bonds is 3. The summed E-state index contributed by atoms with van der Waals surface area (Å²) in [6.07, 6.45) is 0.956. The molecule has 1 aromatic heterocycles. The molecule has 1 aromatic rings. The normalized spacial score (nSPS) is 9.69. The number of hydrogen-bond donors (Lipinski definition) is 3. The van der Waals surface area contributed by atoms with Crippen molar-refractivity contribution in [3.8, 4) is 0 Å². The molecule has 0 saturated heterocycles. The monoisotopic (exact) mass is 279 g/mol. The highest BCUT2D eigenvalue weighted by atomic mass is 79.9. The van der Waals surface area contributed by atoms with Crippen LogP contribution in [0.4, 0.5) is 0 Å². The fourth-order valence-corrected chi connectivity index (χ4v) is 2.42. The fourth-order valence-electron chi connectivity index (χ4n) is 0.836. The van der Waals surface area contributed by atoms with Gasteiger partial charge in [-0.25, -0.2) is 5.84 Å². The average Bonchev–Trinajstić information content (AvgIpc) is 2.51. The van der Waals surface area contributed by atoms with Crippen LogP contribution in [0.2, 0.25) is 0 Å². The Morgan fingerprint density at radius 1 is 1.62 bits per heavy atom. The zero-order valence-electron chi connectivity index (χ0n) is 6.84. The van der Waals surface area contributed by atoms with Gasteiger partial charge in [-0.1, -0.05) is 0 Å². The van der Waals surface area contributed by atoms with E-state index in [1.54, 1.807) is 11.3 Å². The molecule has 1 heterocycles. The van der Waals surface area contributed by atoms with E-state index >= 15 is 0 Å². The van der Waals surface area contributed by atoms with E-state index in [1.165, 1.54) is 4.88 Å². The van der Waals surface area contributed by atoms with Crippen molar-refractivity contribution < 1.29 is 0 Å². The maximum atomic E-state index is 5.10. The predicted octanol–water partition coefficient (Wildman–Crippen LogP) is 1.39. The molecule has 72 valence electrons. The summed E-state index contributed by atoms with van der Waals surface area (Å²) in [6.45, 7) is 0.802. The van der Waals surface area contributed by atoms with Gasteiger partial charge in [0, 0.05) is 11.4 Å². The quantitative estimate of drug-likeness (QED) is 0.445. The van der Waals surface area contributed by atoms with Crippen molar-refractivity contribution in [2.45, 2.75) is 6.42 Å².